The van der Waals surface area contributed by atoms with E-state index < -0.39 is 5.91 Å². The molecular weight excluding hydrogens is 318 g/mol. The molecule has 6 heteroatoms. The summed E-state index contributed by atoms with van der Waals surface area (Å²) in [6.07, 6.45) is 0. The van der Waals surface area contributed by atoms with Gasteiger partial charge in [0.05, 0.1) is 0 Å². The Morgan fingerprint density at radius 1 is 0.960 bits per heavy atom. The minimum atomic E-state index is -0.412. The number of amides is 2. The third kappa shape index (κ3) is 4.50. The van der Waals surface area contributed by atoms with Crippen molar-refractivity contribution in [2.24, 2.45) is 0 Å². The van der Waals surface area contributed by atoms with Gasteiger partial charge in [-0.25, -0.2) is 4.98 Å². The topological polar surface area (TPSA) is 79.4 Å². The first-order chi connectivity index (χ1) is 12.0. The average molecular weight is 339 g/mol. The molecule has 2 rings (SSSR count). The lowest BCUT2D eigenvalue weighted by atomic mass is 10.1. The maximum absolute atomic E-state index is 12.4. The number of anilines is 1. The summed E-state index contributed by atoms with van der Waals surface area (Å²) in [5.41, 5.74) is 1.53. The minimum Gasteiger partial charge on any atom is -0.338 e. The summed E-state index contributed by atoms with van der Waals surface area (Å²) in [5.74, 6) is -0.655. The normalized spacial score (nSPS) is 10.2. The fraction of sp³-hybridized carbons (Fsp3) is 0.263. The summed E-state index contributed by atoms with van der Waals surface area (Å²) in [6.45, 7) is 6.42. The Bertz CT molecular complexity index is 781. The quantitative estimate of drug-likeness (QED) is 0.821. The van der Waals surface area contributed by atoms with Gasteiger partial charge in [-0.1, -0.05) is 6.07 Å². The molecule has 0 aliphatic carbocycles. The number of carbonyl (C=O) groups excluding carboxylic acids is 3. The van der Waals surface area contributed by atoms with E-state index in [-0.39, 0.29) is 23.1 Å². The molecule has 0 saturated heterocycles. The van der Waals surface area contributed by atoms with Crippen LogP contribution in [-0.4, -0.2) is 40.6 Å². The zero-order valence-corrected chi connectivity index (χ0v) is 14.6. The van der Waals surface area contributed by atoms with Gasteiger partial charge < -0.3 is 10.2 Å². The fourth-order valence-electron chi connectivity index (χ4n) is 2.34. The van der Waals surface area contributed by atoms with Gasteiger partial charge in [0, 0.05) is 24.3 Å². The zero-order chi connectivity index (χ0) is 18.4. The molecule has 2 amide bonds. The van der Waals surface area contributed by atoms with E-state index in [0.717, 1.165) is 0 Å². The second-order valence-corrected chi connectivity index (χ2v) is 5.47. The second kappa shape index (κ2) is 8.19. The predicted molar refractivity (Wildman–Crippen MR) is 95.9 cm³/mol. The number of nitrogens with one attached hydrogen (secondary N) is 1. The molecule has 25 heavy (non-hydrogen) atoms. The molecule has 1 heterocycles. The number of aromatic nitrogens is 1. The van der Waals surface area contributed by atoms with Crippen molar-refractivity contribution in [2.75, 3.05) is 18.4 Å². The number of carbonyl (C=O) groups is 3. The van der Waals surface area contributed by atoms with Gasteiger partial charge in [0.25, 0.3) is 11.8 Å². The molecule has 0 aliphatic rings. The summed E-state index contributed by atoms with van der Waals surface area (Å²) >= 11 is 0. The Hall–Kier alpha value is -3.02. The number of ketones is 1. The SMILES string of the molecule is CCN(CC)C(=O)c1cccc(C(=O)Nc2ccc(C(C)=O)cc2)n1. The number of Topliss-reactive ketones (excluding diaryl/α,β-unsaturated/α-hetero) is 1. The summed E-state index contributed by atoms with van der Waals surface area (Å²) < 4.78 is 0. The number of rotatable bonds is 6. The molecule has 0 unspecified atom stereocenters. The molecule has 6 nitrogen and oxygen atoms in total. The van der Waals surface area contributed by atoms with Crippen LogP contribution in [0.1, 0.15) is 52.1 Å². The average Bonchev–Trinajstić information content (AvgIpc) is 2.63. The highest BCUT2D eigenvalue weighted by atomic mass is 16.2. The predicted octanol–water partition coefficient (Wildman–Crippen LogP) is 3.02. The summed E-state index contributed by atoms with van der Waals surface area (Å²) in [7, 11) is 0. The Morgan fingerprint density at radius 3 is 2.12 bits per heavy atom. The number of benzene rings is 1. The standard InChI is InChI=1S/C19H21N3O3/c1-4-22(5-2)19(25)17-8-6-7-16(21-17)18(24)20-15-11-9-14(10-12-15)13(3)23/h6-12H,4-5H2,1-3H3,(H,20,24). The van der Waals surface area contributed by atoms with Crippen LogP contribution >= 0.6 is 0 Å². The molecule has 0 fully saturated rings. The van der Waals surface area contributed by atoms with Crippen molar-refractivity contribution in [1.82, 2.24) is 9.88 Å². The second-order valence-electron chi connectivity index (χ2n) is 5.47. The van der Waals surface area contributed by atoms with Crippen LogP contribution in [0.25, 0.3) is 0 Å². The van der Waals surface area contributed by atoms with Gasteiger partial charge in [0.2, 0.25) is 0 Å². The van der Waals surface area contributed by atoms with E-state index in [0.29, 0.717) is 24.3 Å². The van der Waals surface area contributed by atoms with Gasteiger partial charge >= 0.3 is 0 Å². The van der Waals surface area contributed by atoms with E-state index >= 15 is 0 Å². The molecule has 2 aromatic rings. The van der Waals surface area contributed by atoms with Gasteiger partial charge in [-0.05, 0) is 57.2 Å². The first-order valence-electron chi connectivity index (χ1n) is 8.15. The molecule has 130 valence electrons. The highest BCUT2D eigenvalue weighted by molar-refractivity contribution is 6.04. The van der Waals surface area contributed by atoms with Crippen molar-refractivity contribution in [1.29, 1.82) is 0 Å². The van der Waals surface area contributed by atoms with Gasteiger partial charge in [-0.15, -0.1) is 0 Å². The van der Waals surface area contributed by atoms with Crippen molar-refractivity contribution < 1.29 is 14.4 Å². The van der Waals surface area contributed by atoms with E-state index in [2.05, 4.69) is 10.3 Å². The lowest BCUT2D eigenvalue weighted by molar-refractivity contribution is 0.0766. The monoisotopic (exact) mass is 339 g/mol. The molecule has 1 aromatic carbocycles. The van der Waals surface area contributed by atoms with Crippen molar-refractivity contribution in [2.45, 2.75) is 20.8 Å². The van der Waals surface area contributed by atoms with Gasteiger partial charge in [-0.2, -0.15) is 0 Å². The van der Waals surface area contributed by atoms with Crippen LogP contribution in [0, 0.1) is 0 Å². The van der Waals surface area contributed by atoms with Gasteiger partial charge in [-0.3, -0.25) is 14.4 Å². The van der Waals surface area contributed by atoms with Crippen LogP contribution in [0.2, 0.25) is 0 Å². The van der Waals surface area contributed by atoms with Crippen molar-refractivity contribution in [3.05, 3.63) is 59.4 Å². The highest BCUT2D eigenvalue weighted by Gasteiger charge is 2.16. The first kappa shape index (κ1) is 18.3. The maximum Gasteiger partial charge on any atom is 0.274 e. The third-order valence-corrected chi connectivity index (χ3v) is 3.80. The van der Waals surface area contributed by atoms with E-state index in [9.17, 15) is 14.4 Å². The molecule has 0 atom stereocenters. The molecule has 0 aliphatic heterocycles. The minimum absolute atomic E-state index is 0.0397. The molecule has 1 N–H and O–H groups in total. The number of hydrogen-bond donors (Lipinski definition) is 1. The molecule has 0 radical (unpaired) electrons. The van der Waals surface area contributed by atoms with Crippen molar-refractivity contribution >= 4 is 23.3 Å². The lowest BCUT2D eigenvalue weighted by Gasteiger charge is -2.18. The Kier molecular flexibility index (Phi) is 6.00. The summed E-state index contributed by atoms with van der Waals surface area (Å²) in [6, 6.07) is 11.4. The fourth-order valence-corrected chi connectivity index (χ4v) is 2.34. The third-order valence-electron chi connectivity index (χ3n) is 3.80. The Morgan fingerprint density at radius 2 is 1.56 bits per heavy atom. The number of nitrogens with zero attached hydrogens (tertiary/aromatic N) is 2. The summed E-state index contributed by atoms with van der Waals surface area (Å²) in [5, 5.41) is 2.71. The van der Waals surface area contributed by atoms with Crippen LogP contribution in [0.15, 0.2) is 42.5 Å². The van der Waals surface area contributed by atoms with E-state index in [1.165, 1.54) is 6.92 Å². The van der Waals surface area contributed by atoms with E-state index in [1.54, 1.807) is 47.4 Å². The van der Waals surface area contributed by atoms with Crippen LogP contribution in [0.3, 0.4) is 0 Å². The first-order valence-corrected chi connectivity index (χ1v) is 8.15. The van der Waals surface area contributed by atoms with Gasteiger partial charge in [0.1, 0.15) is 11.4 Å². The van der Waals surface area contributed by atoms with Crippen molar-refractivity contribution in [3.63, 3.8) is 0 Å². The molecular formula is C19H21N3O3. The highest BCUT2D eigenvalue weighted by Crippen LogP contribution is 2.12. The number of pyridine rings is 1. The maximum atomic E-state index is 12.4. The molecule has 0 saturated carbocycles. The smallest absolute Gasteiger partial charge is 0.274 e. The van der Waals surface area contributed by atoms with E-state index in [1.807, 2.05) is 13.8 Å². The van der Waals surface area contributed by atoms with Gasteiger partial charge in [0.15, 0.2) is 5.78 Å². The van der Waals surface area contributed by atoms with Crippen LogP contribution < -0.4 is 5.32 Å². The zero-order valence-electron chi connectivity index (χ0n) is 14.6. The van der Waals surface area contributed by atoms with Crippen LogP contribution in [0.5, 0.6) is 0 Å². The van der Waals surface area contributed by atoms with E-state index in [4.69, 9.17) is 0 Å². The lowest BCUT2D eigenvalue weighted by Crippen LogP contribution is -2.31. The largest absolute Gasteiger partial charge is 0.338 e. The molecule has 0 bridgehead atoms. The summed E-state index contributed by atoms with van der Waals surface area (Å²) in [4.78, 5) is 41.8. The number of hydrogen-bond acceptors (Lipinski definition) is 4. The van der Waals surface area contributed by atoms with Crippen molar-refractivity contribution in [3.8, 4) is 0 Å². The molecule has 1 aromatic heterocycles. The van der Waals surface area contributed by atoms with Crippen LogP contribution in [0.4, 0.5) is 5.69 Å². The Labute approximate surface area is 146 Å². The van der Waals surface area contributed by atoms with Crippen LogP contribution in [-0.2, 0) is 0 Å². The molecule has 0 spiro atoms. The Balaban J connectivity index is 2.15.